The molecule has 0 atom stereocenters. The maximum atomic E-state index is 13.1. The highest BCUT2D eigenvalue weighted by Gasteiger charge is 2.25. The van der Waals surface area contributed by atoms with Crippen LogP contribution in [0.25, 0.3) is 10.9 Å². The fraction of sp³-hybridized carbons (Fsp3) is 0.318. The summed E-state index contributed by atoms with van der Waals surface area (Å²) in [6.45, 7) is 5.67. The van der Waals surface area contributed by atoms with Gasteiger partial charge in [-0.3, -0.25) is 14.9 Å². The molecule has 0 spiro atoms. The lowest BCUT2D eigenvalue weighted by Gasteiger charge is -2.33. The molecular formula is C22H25N4O4+. The Balaban J connectivity index is 1.42. The number of aryl methyl sites for hydroxylation is 1. The Morgan fingerprint density at radius 1 is 1.20 bits per heavy atom. The topological polar surface area (TPSA) is 92.9 Å². The first-order valence-electron chi connectivity index (χ1n) is 9.98. The van der Waals surface area contributed by atoms with Crippen LogP contribution >= 0.6 is 0 Å². The molecule has 1 aromatic heterocycles. The highest BCUT2D eigenvalue weighted by molar-refractivity contribution is 6.10. The molecular weight excluding hydrogens is 384 g/mol. The highest BCUT2D eigenvalue weighted by atomic mass is 16.6. The number of non-ortho nitro benzene ring substituents is 1. The molecule has 4 rings (SSSR count). The predicted molar refractivity (Wildman–Crippen MR) is 115 cm³/mol. The Hall–Kier alpha value is -3.39. The first-order valence-corrected chi connectivity index (χ1v) is 9.98. The Bertz CT molecular complexity index is 1080. The average Bonchev–Trinajstić information content (AvgIpc) is 3.09. The van der Waals surface area contributed by atoms with Gasteiger partial charge in [0.2, 0.25) is 5.78 Å². The minimum atomic E-state index is -0.389. The number of fused-ring (bicyclic) bond motifs is 1. The number of rotatable bonds is 6. The van der Waals surface area contributed by atoms with Crippen molar-refractivity contribution in [2.45, 2.75) is 6.92 Å². The predicted octanol–water partition coefficient (Wildman–Crippen LogP) is 1.98. The van der Waals surface area contributed by atoms with Crippen LogP contribution in [0.15, 0.2) is 42.5 Å². The van der Waals surface area contributed by atoms with E-state index in [2.05, 4.69) is 9.88 Å². The maximum Gasteiger partial charge on any atom is 0.269 e. The van der Waals surface area contributed by atoms with E-state index in [0.717, 1.165) is 59.8 Å². The number of H-pyrrole nitrogens is 1. The molecule has 2 heterocycles. The lowest BCUT2D eigenvalue weighted by Crippen LogP contribution is -3.15. The summed E-state index contributed by atoms with van der Waals surface area (Å²) in [5.74, 6) is 0.866. The number of nitro groups is 1. The van der Waals surface area contributed by atoms with Crippen molar-refractivity contribution in [1.29, 1.82) is 0 Å². The summed E-state index contributed by atoms with van der Waals surface area (Å²) in [7, 11) is 1.62. The summed E-state index contributed by atoms with van der Waals surface area (Å²) in [5, 5.41) is 11.7. The Morgan fingerprint density at radius 2 is 1.90 bits per heavy atom. The zero-order valence-electron chi connectivity index (χ0n) is 17.1. The van der Waals surface area contributed by atoms with Crippen LogP contribution in [0.2, 0.25) is 0 Å². The standard InChI is InChI=1S/C22H24N4O4/c1-15-22(19-13-18(30-2)7-8-20(19)23-15)21(27)14-24-9-11-25(12-10-24)16-3-5-17(6-4-16)26(28)29/h3-8,13,23H,9-12,14H2,1-2H3/p+1. The van der Waals surface area contributed by atoms with Crippen LogP contribution in [-0.4, -0.2) is 55.5 Å². The zero-order chi connectivity index (χ0) is 21.3. The van der Waals surface area contributed by atoms with Crippen LogP contribution in [0.3, 0.4) is 0 Å². The monoisotopic (exact) mass is 409 g/mol. The minimum Gasteiger partial charge on any atom is -0.497 e. The quantitative estimate of drug-likeness (QED) is 0.369. The molecule has 1 saturated heterocycles. The molecule has 30 heavy (non-hydrogen) atoms. The van der Waals surface area contributed by atoms with Gasteiger partial charge in [0.05, 0.1) is 43.8 Å². The number of ketones is 1. The van der Waals surface area contributed by atoms with Gasteiger partial charge in [0.25, 0.3) is 5.69 Å². The van der Waals surface area contributed by atoms with E-state index in [-0.39, 0.29) is 16.4 Å². The normalized spacial score (nSPS) is 14.8. The van der Waals surface area contributed by atoms with E-state index in [1.54, 1.807) is 19.2 Å². The van der Waals surface area contributed by atoms with Gasteiger partial charge in [0.1, 0.15) is 12.3 Å². The molecule has 0 saturated carbocycles. The number of piperazine rings is 1. The number of hydrogen-bond donors (Lipinski definition) is 2. The van der Waals surface area contributed by atoms with Crippen molar-refractivity contribution in [1.82, 2.24) is 4.98 Å². The molecule has 1 fully saturated rings. The third kappa shape index (κ3) is 3.86. The third-order valence-corrected chi connectivity index (χ3v) is 5.78. The molecule has 8 heteroatoms. The van der Waals surface area contributed by atoms with Crippen LogP contribution in [0.4, 0.5) is 11.4 Å². The van der Waals surface area contributed by atoms with Crippen molar-refractivity contribution in [2.75, 3.05) is 44.7 Å². The molecule has 2 aromatic carbocycles. The van der Waals surface area contributed by atoms with Gasteiger partial charge in [-0.2, -0.15) is 0 Å². The summed E-state index contributed by atoms with van der Waals surface area (Å²) >= 11 is 0. The third-order valence-electron chi connectivity index (χ3n) is 5.78. The molecule has 0 unspecified atom stereocenters. The molecule has 1 aliphatic heterocycles. The molecule has 156 valence electrons. The number of aromatic amines is 1. The number of carbonyl (C=O) groups excluding carboxylic acids is 1. The van der Waals surface area contributed by atoms with E-state index in [1.807, 2.05) is 25.1 Å². The number of hydrogen-bond acceptors (Lipinski definition) is 5. The van der Waals surface area contributed by atoms with Gasteiger partial charge in [-0.15, -0.1) is 0 Å². The molecule has 0 radical (unpaired) electrons. The van der Waals surface area contributed by atoms with Gasteiger partial charge in [-0.25, -0.2) is 0 Å². The first-order chi connectivity index (χ1) is 14.5. The smallest absolute Gasteiger partial charge is 0.269 e. The molecule has 0 aliphatic carbocycles. The second kappa shape index (κ2) is 8.16. The second-order valence-corrected chi connectivity index (χ2v) is 7.65. The number of carbonyl (C=O) groups is 1. The molecule has 0 amide bonds. The summed E-state index contributed by atoms with van der Waals surface area (Å²) < 4.78 is 5.32. The van der Waals surface area contributed by atoms with Crippen LogP contribution in [0.5, 0.6) is 5.75 Å². The number of nitrogens with zero attached hydrogens (tertiary/aromatic N) is 2. The molecule has 2 N–H and O–H groups in total. The number of quaternary nitrogens is 1. The molecule has 3 aromatic rings. The van der Waals surface area contributed by atoms with Gasteiger partial charge < -0.3 is 19.5 Å². The summed E-state index contributed by atoms with van der Waals surface area (Å²) in [6, 6.07) is 12.4. The average molecular weight is 409 g/mol. The number of Topliss-reactive ketones (excluding diaryl/α,β-unsaturated/α-hetero) is 1. The van der Waals surface area contributed by atoms with Gasteiger partial charge in [0, 0.05) is 34.4 Å². The summed E-state index contributed by atoms with van der Waals surface area (Å²) in [6.07, 6.45) is 0. The summed E-state index contributed by atoms with van der Waals surface area (Å²) in [4.78, 5) is 30.3. The number of aromatic nitrogens is 1. The van der Waals surface area contributed by atoms with Crippen molar-refractivity contribution < 1.29 is 19.4 Å². The first kappa shape index (κ1) is 19.9. The van der Waals surface area contributed by atoms with E-state index in [1.165, 1.54) is 17.0 Å². The van der Waals surface area contributed by atoms with Crippen LogP contribution in [0.1, 0.15) is 16.1 Å². The largest absolute Gasteiger partial charge is 0.497 e. The number of nitro benzene ring substituents is 1. The molecule has 1 aliphatic rings. The van der Waals surface area contributed by atoms with Crippen LogP contribution in [0, 0.1) is 17.0 Å². The van der Waals surface area contributed by atoms with E-state index < -0.39 is 0 Å². The van der Waals surface area contributed by atoms with Gasteiger partial charge in [-0.05, 0) is 37.3 Å². The Kier molecular flexibility index (Phi) is 5.41. The highest BCUT2D eigenvalue weighted by Crippen LogP contribution is 2.26. The fourth-order valence-electron chi connectivity index (χ4n) is 4.15. The van der Waals surface area contributed by atoms with E-state index in [9.17, 15) is 14.9 Å². The minimum absolute atomic E-state index is 0.0966. The molecule has 8 nitrogen and oxygen atoms in total. The lowest BCUT2D eigenvalue weighted by atomic mass is 10.1. The van der Waals surface area contributed by atoms with Crippen molar-refractivity contribution >= 4 is 28.1 Å². The number of benzene rings is 2. The SMILES string of the molecule is COc1ccc2[nH]c(C)c(C(=O)C[NH+]3CCN(c4ccc([N+](=O)[O-])cc4)CC3)c2c1. The number of nitrogens with one attached hydrogen (secondary N) is 2. The van der Waals surface area contributed by atoms with E-state index in [0.29, 0.717) is 6.54 Å². The van der Waals surface area contributed by atoms with Gasteiger partial charge in [0.15, 0.2) is 0 Å². The Morgan fingerprint density at radius 3 is 2.53 bits per heavy atom. The number of anilines is 1. The fourth-order valence-corrected chi connectivity index (χ4v) is 4.15. The van der Waals surface area contributed by atoms with Gasteiger partial charge in [-0.1, -0.05) is 0 Å². The van der Waals surface area contributed by atoms with Crippen molar-refractivity contribution in [3.05, 3.63) is 63.8 Å². The number of ether oxygens (including phenoxy) is 1. The molecule has 0 bridgehead atoms. The summed E-state index contributed by atoms with van der Waals surface area (Å²) in [5.41, 5.74) is 3.64. The van der Waals surface area contributed by atoms with Crippen LogP contribution < -0.4 is 14.5 Å². The second-order valence-electron chi connectivity index (χ2n) is 7.65. The van der Waals surface area contributed by atoms with Crippen molar-refractivity contribution in [2.24, 2.45) is 0 Å². The lowest BCUT2D eigenvalue weighted by molar-refractivity contribution is -0.892. The van der Waals surface area contributed by atoms with Crippen LogP contribution in [-0.2, 0) is 0 Å². The van der Waals surface area contributed by atoms with E-state index in [4.69, 9.17) is 4.74 Å². The maximum absolute atomic E-state index is 13.1. The van der Waals surface area contributed by atoms with Gasteiger partial charge >= 0.3 is 0 Å². The Labute approximate surface area is 174 Å². The van der Waals surface area contributed by atoms with Crippen molar-refractivity contribution in [3.63, 3.8) is 0 Å². The van der Waals surface area contributed by atoms with Crippen molar-refractivity contribution in [3.8, 4) is 5.75 Å². The number of methoxy groups -OCH3 is 1. The van der Waals surface area contributed by atoms with E-state index >= 15 is 0 Å². The zero-order valence-corrected chi connectivity index (χ0v) is 17.1.